The fourth-order valence-corrected chi connectivity index (χ4v) is 3.53. The molecule has 0 spiro atoms. The molecule has 94 valence electrons. The van der Waals surface area contributed by atoms with Gasteiger partial charge < -0.3 is 9.30 Å². The van der Waals surface area contributed by atoms with Crippen molar-refractivity contribution < 1.29 is 4.74 Å². The molecule has 0 N–H and O–H groups in total. The Balaban J connectivity index is 1.94. The third kappa shape index (κ3) is 2.03. The van der Waals surface area contributed by atoms with Crippen molar-refractivity contribution in [1.82, 2.24) is 14.8 Å². The summed E-state index contributed by atoms with van der Waals surface area (Å²) in [5.41, 5.74) is 1.07. The van der Waals surface area contributed by atoms with Crippen LogP contribution in [0.25, 0.3) is 11.4 Å². The first-order chi connectivity index (χ1) is 8.81. The minimum Gasteiger partial charge on any atom is -0.497 e. The summed E-state index contributed by atoms with van der Waals surface area (Å²) in [5.74, 6) is 1.79. The largest absolute Gasteiger partial charge is 0.497 e. The molecule has 6 heteroatoms. The summed E-state index contributed by atoms with van der Waals surface area (Å²) >= 11 is 5.30. The highest BCUT2D eigenvalue weighted by molar-refractivity contribution is 9.09. The molecule has 1 unspecified atom stereocenters. The van der Waals surface area contributed by atoms with Crippen LogP contribution in [0, 0.1) is 0 Å². The summed E-state index contributed by atoms with van der Waals surface area (Å²) in [4.78, 5) is 0. The van der Waals surface area contributed by atoms with Crippen molar-refractivity contribution in [3.8, 4) is 17.1 Å². The molecule has 1 atom stereocenters. The highest BCUT2D eigenvalue weighted by Gasteiger charge is 2.26. The van der Waals surface area contributed by atoms with Gasteiger partial charge in [0.2, 0.25) is 0 Å². The molecule has 1 aromatic heterocycles. The number of hydrogen-bond acceptors (Lipinski definition) is 4. The Kier molecular flexibility index (Phi) is 3.30. The number of aromatic nitrogens is 3. The first-order valence-corrected chi connectivity index (χ1v) is 7.62. The maximum absolute atomic E-state index is 5.16. The van der Waals surface area contributed by atoms with Gasteiger partial charge in [0.1, 0.15) is 5.75 Å². The fourth-order valence-electron chi connectivity index (χ4n) is 1.96. The van der Waals surface area contributed by atoms with Gasteiger partial charge in [0, 0.05) is 22.7 Å². The van der Waals surface area contributed by atoms with Crippen LogP contribution in [0.4, 0.5) is 0 Å². The number of thioether (sulfide) groups is 1. The van der Waals surface area contributed by atoms with Crippen molar-refractivity contribution in [2.24, 2.45) is 0 Å². The van der Waals surface area contributed by atoms with Gasteiger partial charge in [-0.05, 0) is 24.3 Å². The zero-order chi connectivity index (χ0) is 12.5. The van der Waals surface area contributed by atoms with E-state index in [2.05, 4.69) is 30.7 Å². The molecule has 0 bridgehead atoms. The van der Waals surface area contributed by atoms with Crippen LogP contribution < -0.4 is 4.74 Å². The fraction of sp³-hybridized carbons (Fsp3) is 0.333. The number of fused-ring (bicyclic) bond motifs is 1. The summed E-state index contributed by atoms with van der Waals surface area (Å²) in [7, 11) is 1.67. The van der Waals surface area contributed by atoms with Gasteiger partial charge in [0.05, 0.1) is 7.11 Å². The van der Waals surface area contributed by atoms with E-state index in [0.717, 1.165) is 34.2 Å². The van der Waals surface area contributed by atoms with Gasteiger partial charge in [-0.25, -0.2) is 0 Å². The molecule has 0 saturated carbocycles. The minimum absolute atomic E-state index is 0.549. The molecule has 18 heavy (non-hydrogen) atoms. The lowest BCUT2D eigenvalue weighted by atomic mass is 10.2. The van der Waals surface area contributed by atoms with Gasteiger partial charge in [0.25, 0.3) is 0 Å². The molecular formula is C12H12BrN3OS. The van der Waals surface area contributed by atoms with E-state index < -0.39 is 0 Å². The molecule has 0 aliphatic carbocycles. The standard InChI is InChI=1S/C12H12BrN3OS/c1-17-9-4-2-8(3-5-9)11-14-15-12-16(11)7-10(6-13)18-12/h2-5,10H,6-7H2,1H3. The summed E-state index contributed by atoms with van der Waals surface area (Å²) < 4.78 is 7.34. The predicted molar refractivity (Wildman–Crippen MR) is 75.4 cm³/mol. The van der Waals surface area contributed by atoms with Gasteiger partial charge in [-0.1, -0.05) is 27.7 Å². The van der Waals surface area contributed by atoms with Gasteiger partial charge in [-0.3, -0.25) is 0 Å². The molecule has 4 nitrogen and oxygen atoms in total. The maximum atomic E-state index is 5.16. The highest BCUT2D eigenvalue weighted by atomic mass is 79.9. The van der Waals surface area contributed by atoms with Gasteiger partial charge >= 0.3 is 0 Å². The smallest absolute Gasteiger partial charge is 0.191 e. The van der Waals surface area contributed by atoms with Gasteiger partial charge in [-0.15, -0.1) is 10.2 Å². The lowest BCUT2D eigenvalue weighted by Crippen LogP contribution is -2.07. The van der Waals surface area contributed by atoms with Crippen molar-refractivity contribution in [1.29, 1.82) is 0 Å². The van der Waals surface area contributed by atoms with Crippen molar-refractivity contribution in [3.05, 3.63) is 24.3 Å². The number of benzene rings is 1. The molecule has 1 aliphatic heterocycles. The second-order valence-corrected chi connectivity index (χ2v) is 5.95. The van der Waals surface area contributed by atoms with Crippen molar-refractivity contribution in [2.45, 2.75) is 17.0 Å². The Labute approximate surface area is 118 Å². The normalized spacial score (nSPS) is 17.8. The lowest BCUT2D eigenvalue weighted by molar-refractivity contribution is 0.415. The van der Waals surface area contributed by atoms with Crippen LogP contribution in [0.15, 0.2) is 29.4 Å². The van der Waals surface area contributed by atoms with Gasteiger partial charge in [0.15, 0.2) is 11.0 Å². The molecule has 1 aromatic carbocycles. The molecule has 0 radical (unpaired) electrons. The van der Waals surface area contributed by atoms with E-state index in [1.165, 1.54) is 0 Å². The molecule has 3 rings (SSSR count). The van der Waals surface area contributed by atoms with Crippen LogP contribution in [0.2, 0.25) is 0 Å². The maximum Gasteiger partial charge on any atom is 0.191 e. The molecule has 0 fully saturated rings. The Morgan fingerprint density at radius 2 is 2.17 bits per heavy atom. The number of methoxy groups -OCH3 is 1. The Hall–Kier alpha value is -1.01. The van der Waals surface area contributed by atoms with Crippen molar-refractivity contribution in [2.75, 3.05) is 12.4 Å². The minimum atomic E-state index is 0.549. The van der Waals surface area contributed by atoms with E-state index in [-0.39, 0.29) is 0 Å². The van der Waals surface area contributed by atoms with Crippen LogP contribution in [0.1, 0.15) is 0 Å². The average Bonchev–Trinajstić information content (AvgIpc) is 2.98. The third-order valence-corrected chi connectivity index (χ3v) is 5.27. The molecule has 0 saturated heterocycles. The van der Waals surface area contributed by atoms with Crippen LogP contribution >= 0.6 is 27.7 Å². The summed E-state index contributed by atoms with van der Waals surface area (Å²) in [6.07, 6.45) is 0. The van der Waals surface area contributed by atoms with Crippen LogP contribution in [0.3, 0.4) is 0 Å². The number of alkyl halides is 1. The Morgan fingerprint density at radius 3 is 2.83 bits per heavy atom. The molecule has 2 aromatic rings. The van der Waals surface area contributed by atoms with Crippen molar-refractivity contribution in [3.63, 3.8) is 0 Å². The van der Waals surface area contributed by atoms with Crippen molar-refractivity contribution >= 4 is 27.7 Å². The van der Waals surface area contributed by atoms with E-state index in [0.29, 0.717) is 5.25 Å². The van der Waals surface area contributed by atoms with E-state index in [4.69, 9.17) is 4.74 Å². The monoisotopic (exact) mass is 325 g/mol. The topological polar surface area (TPSA) is 39.9 Å². The zero-order valence-corrected chi connectivity index (χ0v) is 12.2. The molecule has 2 heterocycles. The Bertz CT molecular complexity index is 555. The second-order valence-electron chi connectivity index (χ2n) is 4.04. The van der Waals surface area contributed by atoms with E-state index >= 15 is 0 Å². The summed E-state index contributed by atoms with van der Waals surface area (Å²) in [6, 6.07) is 7.92. The van der Waals surface area contributed by atoms with Gasteiger partial charge in [-0.2, -0.15) is 0 Å². The van der Waals surface area contributed by atoms with E-state index in [1.807, 2.05) is 24.3 Å². The number of hydrogen-bond donors (Lipinski definition) is 0. The van der Waals surface area contributed by atoms with Crippen LogP contribution in [-0.2, 0) is 6.54 Å². The zero-order valence-electron chi connectivity index (χ0n) is 9.84. The number of nitrogens with zero attached hydrogens (tertiary/aromatic N) is 3. The number of rotatable bonds is 3. The van der Waals surface area contributed by atoms with Crippen LogP contribution in [-0.4, -0.2) is 32.5 Å². The molecular weight excluding hydrogens is 314 g/mol. The Morgan fingerprint density at radius 1 is 1.39 bits per heavy atom. The molecule has 0 amide bonds. The number of halogens is 1. The number of ether oxygens (including phenoxy) is 1. The van der Waals surface area contributed by atoms with Crippen LogP contribution in [0.5, 0.6) is 5.75 Å². The first-order valence-electron chi connectivity index (χ1n) is 5.62. The molecule has 1 aliphatic rings. The second kappa shape index (κ2) is 4.93. The average molecular weight is 326 g/mol. The first kappa shape index (κ1) is 12.0. The quantitative estimate of drug-likeness (QED) is 0.813. The predicted octanol–water partition coefficient (Wildman–Crippen LogP) is 2.82. The van der Waals surface area contributed by atoms with E-state index in [1.54, 1.807) is 18.9 Å². The summed E-state index contributed by atoms with van der Waals surface area (Å²) in [5, 5.41) is 11.0. The SMILES string of the molecule is COc1ccc(-c2nnc3n2CC(CBr)S3)cc1. The van der Waals surface area contributed by atoms with E-state index in [9.17, 15) is 0 Å². The third-order valence-electron chi connectivity index (χ3n) is 2.90. The highest BCUT2D eigenvalue weighted by Crippen LogP contribution is 2.35. The lowest BCUT2D eigenvalue weighted by Gasteiger charge is -2.05. The summed E-state index contributed by atoms with van der Waals surface area (Å²) in [6.45, 7) is 0.958.